The molecule has 1 N–H and O–H groups in total. The maximum Gasteiger partial charge on any atom is 0.310 e. The molecule has 2 fully saturated rings. The lowest BCUT2D eigenvalue weighted by atomic mass is 9.95. The fraction of sp³-hybridized carbons (Fsp3) is 0.591. The highest BCUT2D eigenvalue weighted by Gasteiger charge is 2.51. The molecule has 0 aliphatic carbocycles. The molecular formula is C22H30N2O4S. The van der Waals surface area contributed by atoms with E-state index >= 15 is 0 Å². The molecule has 0 radical (unpaired) electrons. The van der Waals surface area contributed by atoms with Crippen LogP contribution in [0.4, 0.5) is 0 Å². The number of nitrogens with one attached hydrogen (secondary N) is 1. The Morgan fingerprint density at radius 3 is 2.52 bits per heavy atom. The van der Waals surface area contributed by atoms with E-state index in [2.05, 4.69) is 5.32 Å². The molecule has 2 aliphatic heterocycles. The van der Waals surface area contributed by atoms with Gasteiger partial charge in [-0.05, 0) is 46.6 Å². The van der Waals surface area contributed by atoms with Crippen LogP contribution in [0.5, 0.6) is 0 Å². The zero-order valence-electron chi connectivity index (χ0n) is 17.7. The number of esters is 1. The maximum atomic E-state index is 13.2. The predicted octanol–water partition coefficient (Wildman–Crippen LogP) is 2.76. The summed E-state index contributed by atoms with van der Waals surface area (Å²) in [7, 11) is 0. The van der Waals surface area contributed by atoms with Crippen LogP contribution in [-0.4, -0.2) is 51.0 Å². The number of cyclic esters (lactones) is 1. The van der Waals surface area contributed by atoms with Crippen LogP contribution < -0.4 is 5.32 Å². The summed E-state index contributed by atoms with van der Waals surface area (Å²) >= 11 is 1.57. The fourth-order valence-corrected chi connectivity index (χ4v) is 5.03. The molecule has 2 amide bonds. The summed E-state index contributed by atoms with van der Waals surface area (Å²) in [5, 5.41) is 2.99. The van der Waals surface area contributed by atoms with Crippen molar-refractivity contribution < 1.29 is 19.1 Å². The number of thioether (sulfide) groups is 1. The number of rotatable bonds is 4. The normalized spacial score (nSPS) is 26.3. The molecule has 3 atom stereocenters. The van der Waals surface area contributed by atoms with Crippen molar-refractivity contribution in [2.75, 3.05) is 5.88 Å². The number of benzene rings is 1. The molecule has 0 aromatic heterocycles. The molecule has 0 unspecified atom stereocenters. The van der Waals surface area contributed by atoms with Gasteiger partial charge in [0, 0.05) is 16.7 Å². The topological polar surface area (TPSA) is 75.7 Å². The van der Waals surface area contributed by atoms with E-state index in [4.69, 9.17) is 4.74 Å². The minimum absolute atomic E-state index is 0.175. The average Bonchev–Trinajstić information content (AvgIpc) is 3.13. The van der Waals surface area contributed by atoms with Crippen molar-refractivity contribution >= 4 is 29.5 Å². The standard InChI is InChI=1S/C22H30N2O4S/c1-21(2,3)23-18(25)17-22(4,5)29-13-24(17)19(26)16-12-15(20(27)28-16)11-14-9-7-6-8-10-14/h6-10,15-17H,11-13H2,1-5H3,(H,23,25)/t15-,16+,17-/m1/s1. The first kappa shape index (κ1) is 21.7. The number of nitrogens with zero attached hydrogens (tertiary/aromatic N) is 1. The van der Waals surface area contributed by atoms with Gasteiger partial charge in [0.25, 0.3) is 5.91 Å². The van der Waals surface area contributed by atoms with Crippen LogP contribution in [0.15, 0.2) is 30.3 Å². The zero-order valence-corrected chi connectivity index (χ0v) is 18.5. The van der Waals surface area contributed by atoms with Gasteiger partial charge in [-0.3, -0.25) is 14.4 Å². The molecule has 0 saturated carbocycles. The molecule has 7 heteroatoms. The Morgan fingerprint density at radius 2 is 1.90 bits per heavy atom. The first-order valence-corrected chi connectivity index (χ1v) is 11.0. The second kappa shape index (κ2) is 8.01. The number of hydrogen-bond acceptors (Lipinski definition) is 5. The van der Waals surface area contributed by atoms with Crippen LogP contribution in [-0.2, 0) is 25.5 Å². The molecule has 0 spiro atoms. The van der Waals surface area contributed by atoms with E-state index in [1.807, 2.05) is 65.0 Å². The van der Waals surface area contributed by atoms with Crippen molar-refractivity contribution in [2.24, 2.45) is 5.92 Å². The molecule has 29 heavy (non-hydrogen) atoms. The summed E-state index contributed by atoms with van der Waals surface area (Å²) in [6.45, 7) is 9.69. The third-order valence-electron chi connectivity index (χ3n) is 5.27. The lowest BCUT2D eigenvalue weighted by Crippen LogP contribution is -2.58. The summed E-state index contributed by atoms with van der Waals surface area (Å²) in [4.78, 5) is 40.1. The molecule has 158 valence electrons. The van der Waals surface area contributed by atoms with Crippen LogP contribution >= 0.6 is 11.8 Å². The molecule has 0 bridgehead atoms. The summed E-state index contributed by atoms with van der Waals surface area (Å²) in [5.74, 6) is -0.719. The molecule has 1 aromatic rings. The highest BCUT2D eigenvalue weighted by molar-refractivity contribution is 8.00. The lowest BCUT2D eigenvalue weighted by Gasteiger charge is -2.33. The number of amides is 2. The quantitative estimate of drug-likeness (QED) is 0.761. The van der Waals surface area contributed by atoms with E-state index in [1.165, 1.54) is 0 Å². The summed E-state index contributed by atoms with van der Waals surface area (Å²) < 4.78 is 5.03. The SMILES string of the molecule is CC(C)(C)NC(=O)[C@H]1N(C(=O)[C@@H]2C[C@@H](Cc3ccccc3)C(=O)O2)CSC1(C)C. The van der Waals surface area contributed by atoms with Gasteiger partial charge < -0.3 is 15.0 Å². The van der Waals surface area contributed by atoms with E-state index in [0.29, 0.717) is 18.7 Å². The van der Waals surface area contributed by atoms with Gasteiger partial charge in [-0.1, -0.05) is 30.3 Å². The zero-order chi connectivity index (χ0) is 21.4. The summed E-state index contributed by atoms with van der Waals surface area (Å²) in [6, 6.07) is 9.12. The number of hydrogen-bond donors (Lipinski definition) is 1. The second-order valence-corrected chi connectivity index (χ2v) is 11.0. The van der Waals surface area contributed by atoms with Gasteiger partial charge in [-0.2, -0.15) is 0 Å². The summed E-state index contributed by atoms with van der Waals surface area (Å²) in [5.41, 5.74) is 0.651. The van der Waals surface area contributed by atoms with Gasteiger partial charge in [-0.25, -0.2) is 0 Å². The minimum atomic E-state index is -0.823. The van der Waals surface area contributed by atoms with Crippen molar-refractivity contribution in [3.05, 3.63) is 35.9 Å². The Morgan fingerprint density at radius 1 is 1.24 bits per heavy atom. The Bertz CT molecular complexity index is 788. The van der Waals surface area contributed by atoms with Gasteiger partial charge in [0.05, 0.1) is 11.8 Å². The Balaban J connectivity index is 1.71. The van der Waals surface area contributed by atoms with Crippen molar-refractivity contribution in [1.29, 1.82) is 0 Å². The smallest absolute Gasteiger partial charge is 0.310 e. The lowest BCUT2D eigenvalue weighted by molar-refractivity contribution is -0.155. The highest BCUT2D eigenvalue weighted by Crippen LogP contribution is 2.41. The Labute approximate surface area is 176 Å². The fourth-order valence-electron chi connectivity index (χ4n) is 3.89. The van der Waals surface area contributed by atoms with Gasteiger partial charge in [0.15, 0.2) is 6.10 Å². The number of ether oxygens (including phenoxy) is 1. The Kier molecular flexibility index (Phi) is 5.99. The van der Waals surface area contributed by atoms with Gasteiger partial charge in [0.2, 0.25) is 5.91 Å². The minimum Gasteiger partial charge on any atom is -0.452 e. The molecular weight excluding hydrogens is 388 g/mol. The summed E-state index contributed by atoms with van der Waals surface area (Å²) in [6.07, 6.45) is 0.0787. The molecule has 2 heterocycles. The van der Waals surface area contributed by atoms with Crippen molar-refractivity contribution in [2.45, 2.75) is 69.9 Å². The average molecular weight is 419 g/mol. The number of carbonyl (C=O) groups is 3. The van der Waals surface area contributed by atoms with Gasteiger partial charge in [-0.15, -0.1) is 11.8 Å². The monoisotopic (exact) mass is 418 g/mol. The van der Waals surface area contributed by atoms with Gasteiger partial charge in [0.1, 0.15) is 6.04 Å². The largest absolute Gasteiger partial charge is 0.452 e. The van der Waals surface area contributed by atoms with E-state index in [9.17, 15) is 14.4 Å². The molecule has 1 aromatic carbocycles. The first-order chi connectivity index (χ1) is 13.5. The highest BCUT2D eigenvalue weighted by atomic mass is 32.2. The van der Waals surface area contributed by atoms with Crippen LogP contribution in [0.1, 0.15) is 46.6 Å². The van der Waals surface area contributed by atoms with E-state index in [0.717, 1.165) is 5.56 Å². The maximum absolute atomic E-state index is 13.2. The van der Waals surface area contributed by atoms with Crippen LogP contribution in [0.2, 0.25) is 0 Å². The van der Waals surface area contributed by atoms with Gasteiger partial charge >= 0.3 is 5.97 Å². The van der Waals surface area contributed by atoms with Crippen LogP contribution in [0, 0.1) is 5.92 Å². The van der Waals surface area contributed by atoms with Crippen LogP contribution in [0.3, 0.4) is 0 Å². The molecule has 2 saturated heterocycles. The van der Waals surface area contributed by atoms with Crippen molar-refractivity contribution in [1.82, 2.24) is 10.2 Å². The number of carbonyl (C=O) groups excluding carboxylic acids is 3. The molecule has 6 nitrogen and oxygen atoms in total. The first-order valence-electron chi connectivity index (χ1n) is 9.99. The third-order valence-corrected chi connectivity index (χ3v) is 6.64. The van der Waals surface area contributed by atoms with Crippen LogP contribution in [0.25, 0.3) is 0 Å². The van der Waals surface area contributed by atoms with Crippen molar-refractivity contribution in [3.63, 3.8) is 0 Å². The van der Waals surface area contributed by atoms with Crippen molar-refractivity contribution in [3.8, 4) is 0 Å². The van der Waals surface area contributed by atoms with E-state index < -0.39 is 22.4 Å². The Hall–Kier alpha value is -2.02. The predicted molar refractivity (Wildman–Crippen MR) is 113 cm³/mol. The third kappa shape index (κ3) is 4.94. The van der Waals surface area contributed by atoms with E-state index in [1.54, 1.807) is 16.7 Å². The second-order valence-electron chi connectivity index (χ2n) is 9.37. The molecule has 2 aliphatic rings. The van der Waals surface area contributed by atoms with E-state index in [-0.39, 0.29) is 23.7 Å². The molecule has 3 rings (SSSR count).